The molecule has 0 aliphatic carbocycles. The van der Waals surface area contributed by atoms with Crippen molar-refractivity contribution in [3.63, 3.8) is 0 Å². The summed E-state index contributed by atoms with van der Waals surface area (Å²) in [5.41, 5.74) is 0.613. The summed E-state index contributed by atoms with van der Waals surface area (Å²) in [5, 5.41) is 0. The van der Waals surface area contributed by atoms with Gasteiger partial charge in [0.1, 0.15) is 0 Å². The SMILES string of the molecule is CS(=O)(=O)N1CCN(C(=O)c2cccc(Br)c2)CC1. The molecule has 104 valence electrons. The minimum absolute atomic E-state index is 0.0607. The van der Waals surface area contributed by atoms with Crippen molar-refractivity contribution in [3.8, 4) is 0 Å². The highest BCUT2D eigenvalue weighted by Crippen LogP contribution is 2.15. The van der Waals surface area contributed by atoms with E-state index < -0.39 is 10.0 Å². The van der Waals surface area contributed by atoms with Gasteiger partial charge in [0.15, 0.2) is 0 Å². The molecule has 5 nitrogen and oxygen atoms in total. The molecule has 1 aromatic carbocycles. The van der Waals surface area contributed by atoms with Crippen molar-refractivity contribution in [1.82, 2.24) is 9.21 Å². The number of carbonyl (C=O) groups is 1. The molecule has 1 saturated heterocycles. The zero-order valence-electron chi connectivity index (χ0n) is 10.5. The van der Waals surface area contributed by atoms with E-state index in [4.69, 9.17) is 0 Å². The van der Waals surface area contributed by atoms with E-state index >= 15 is 0 Å². The van der Waals surface area contributed by atoms with Crippen LogP contribution in [-0.4, -0.2) is 56.0 Å². The number of hydrogen-bond acceptors (Lipinski definition) is 3. The van der Waals surface area contributed by atoms with E-state index in [1.54, 1.807) is 17.0 Å². The number of piperazine rings is 1. The molecule has 2 rings (SSSR count). The predicted molar refractivity (Wildman–Crippen MR) is 76.5 cm³/mol. The standard InChI is InChI=1S/C12H15BrN2O3S/c1-19(17,18)15-7-5-14(6-8-15)12(16)10-3-2-4-11(13)9-10/h2-4,9H,5-8H2,1H3. The lowest BCUT2D eigenvalue weighted by atomic mass is 10.2. The Balaban J connectivity index is 2.04. The zero-order chi connectivity index (χ0) is 14.0. The topological polar surface area (TPSA) is 57.7 Å². The first-order valence-electron chi connectivity index (χ1n) is 5.88. The molecule has 0 bridgehead atoms. The molecule has 0 saturated carbocycles. The number of amides is 1. The molecule has 19 heavy (non-hydrogen) atoms. The summed E-state index contributed by atoms with van der Waals surface area (Å²) in [6.45, 7) is 1.58. The van der Waals surface area contributed by atoms with E-state index in [9.17, 15) is 13.2 Å². The molecule has 1 aliphatic heterocycles. The fourth-order valence-electron chi connectivity index (χ4n) is 2.03. The van der Waals surface area contributed by atoms with Gasteiger partial charge in [0.25, 0.3) is 5.91 Å². The van der Waals surface area contributed by atoms with E-state index in [2.05, 4.69) is 15.9 Å². The van der Waals surface area contributed by atoms with Gasteiger partial charge in [0, 0.05) is 36.2 Å². The number of nitrogens with zero attached hydrogens (tertiary/aromatic N) is 2. The Labute approximate surface area is 121 Å². The summed E-state index contributed by atoms with van der Waals surface area (Å²) in [4.78, 5) is 13.9. The lowest BCUT2D eigenvalue weighted by Crippen LogP contribution is -2.50. The third kappa shape index (κ3) is 3.55. The van der Waals surface area contributed by atoms with E-state index in [0.717, 1.165) is 4.47 Å². The average Bonchev–Trinajstić information content (AvgIpc) is 2.37. The van der Waals surface area contributed by atoms with Crippen LogP contribution >= 0.6 is 15.9 Å². The summed E-state index contributed by atoms with van der Waals surface area (Å²) >= 11 is 3.33. The van der Waals surface area contributed by atoms with Crippen LogP contribution in [0, 0.1) is 0 Å². The highest BCUT2D eigenvalue weighted by molar-refractivity contribution is 9.10. The lowest BCUT2D eigenvalue weighted by Gasteiger charge is -2.33. The van der Waals surface area contributed by atoms with Gasteiger partial charge in [-0.05, 0) is 18.2 Å². The number of hydrogen-bond donors (Lipinski definition) is 0. The number of benzene rings is 1. The molecule has 1 amide bonds. The molecule has 0 aromatic heterocycles. The minimum atomic E-state index is -3.16. The van der Waals surface area contributed by atoms with Gasteiger partial charge >= 0.3 is 0 Å². The summed E-state index contributed by atoms with van der Waals surface area (Å²) in [7, 11) is -3.16. The summed E-state index contributed by atoms with van der Waals surface area (Å²) in [6, 6.07) is 7.20. The first kappa shape index (κ1) is 14.5. The Hall–Kier alpha value is -0.920. The number of halogens is 1. The Bertz CT molecular complexity index is 580. The Kier molecular flexibility index (Phi) is 4.27. The largest absolute Gasteiger partial charge is 0.336 e. The average molecular weight is 347 g/mol. The number of carbonyl (C=O) groups excluding carboxylic acids is 1. The monoisotopic (exact) mass is 346 g/mol. The van der Waals surface area contributed by atoms with Crippen LogP contribution in [0.3, 0.4) is 0 Å². The van der Waals surface area contributed by atoms with Crippen LogP contribution in [0.1, 0.15) is 10.4 Å². The van der Waals surface area contributed by atoms with E-state index in [0.29, 0.717) is 31.7 Å². The van der Waals surface area contributed by atoms with Gasteiger partial charge in [-0.1, -0.05) is 22.0 Å². The first-order chi connectivity index (χ1) is 8.88. The fourth-order valence-corrected chi connectivity index (χ4v) is 3.25. The molecule has 0 atom stereocenters. The minimum Gasteiger partial charge on any atom is -0.336 e. The van der Waals surface area contributed by atoms with Crippen molar-refractivity contribution in [2.45, 2.75) is 0 Å². The van der Waals surface area contributed by atoms with Crippen LogP contribution in [-0.2, 0) is 10.0 Å². The van der Waals surface area contributed by atoms with Crippen LogP contribution in [0.15, 0.2) is 28.7 Å². The molecule has 1 heterocycles. The normalized spacial score (nSPS) is 17.5. The molecule has 1 aliphatic rings. The Morgan fingerprint density at radius 1 is 1.21 bits per heavy atom. The van der Waals surface area contributed by atoms with Crippen molar-refractivity contribution < 1.29 is 13.2 Å². The second-order valence-electron chi connectivity index (χ2n) is 4.46. The van der Waals surface area contributed by atoms with Gasteiger partial charge < -0.3 is 4.90 Å². The van der Waals surface area contributed by atoms with Gasteiger partial charge in [0.05, 0.1) is 6.26 Å². The third-order valence-corrected chi connectivity index (χ3v) is 4.86. The van der Waals surface area contributed by atoms with Crippen LogP contribution in [0.5, 0.6) is 0 Å². The molecule has 0 N–H and O–H groups in total. The maximum absolute atomic E-state index is 12.2. The molecule has 0 radical (unpaired) electrons. The highest BCUT2D eigenvalue weighted by Gasteiger charge is 2.26. The smallest absolute Gasteiger partial charge is 0.253 e. The van der Waals surface area contributed by atoms with Gasteiger partial charge in [-0.3, -0.25) is 4.79 Å². The molecule has 7 heteroatoms. The molecule has 1 aromatic rings. The second kappa shape index (κ2) is 5.60. The van der Waals surface area contributed by atoms with Crippen LogP contribution in [0.4, 0.5) is 0 Å². The fraction of sp³-hybridized carbons (Fsp3) is 0.417. The van der Waals surface area contributed by atoms with E-state index in [1.807, 2.05) is 12.1 Å². The lowest BCUT2D eigenvalue weighted by molar-refractivity contribution is 0.0698. The Morgan fingerprint density at radius 3 is 2.37 bits per heavy atom. The molecule has 0 unspecified atom stereocenters. The van der Waals surface area contributed by atoms with Crippen molar-refractivity contribution >= 4 is 31.9 Å². The number of sulfonamides is 1. The van der Waals surface area contributed by atoms with Gasteiger partial charge in [0.2, 0.25) is 10.0 Å². The highest BCUT2D eigenvalue weighted by atomic mass is 79.9. The summed E-state index contributed by atoms with van der Waals surface area (Å²) in [5.74, 6) is -0.0607. The maximum Gasteiger partial charge on any atom is 0.253 e. The number of rotatable bonds is 2. The van der Waals surface area contributed by atoms with Gasteiger partial charge in [-0.15, -0.1) is 0 Å². The van der Waals surface area contributed by atoms with Crippen LogP contribution in [0.2, 0.25) is 0 Å². The second-order valence-corrected chi connectivity index (χ2v) is 7.36. The van der Waals surface area contributed by atoms with Crippen molar-refractivity contribution in [1.29, 1.82) is 0 Å². The molecule has 1 fully saturated rings. The maximum atomic E-state index is 12.2. The van der Waals surface area contributed by atoms with Gasteiger partial charge in [-0.25, -0.2) is 8.42 Å². The van der Waals surface area contributed by atoms with Crippen molar-refractivity contribution in [2.75, 3.05) is 32.4 Å². The van der Waals surface area contributed by atoms with Gasteiger partial charge in [-0.2, -0.15) is 4.31 Å². The Morgan fingerprint density at radius 2 is 1.84 bits per heavy atom. The summed E-state index contributed by atoms with van der Waals surface area (Å²) < 4.78 is 25.0. The molecular formula is C12H15BrN2O3S. The van der Waals surface area contributed by atoms with Crippen LogP contribution in [0.25, 0.3) is 0 Å². The predicted octanol–water partition coefficient (Wildman–Crippen LogP) is 1.17. The summed E-state index contributed by atoms with van der Waals surface area (Å²) in [6.07, 6.45) is 1.19. The zero-order valence-corrected chi connectivity index (χ0v) is 12.9. The molecular weight excluding hydrogens is 332 g/mol. The van der Waals surface area contributed by atoms with E-state index in [1.165, 1.54) is 10.6 Å². The van der Waals surface area contributed by atoms with Crippen molar-refractivity contribution in [2.24, 2.45) is 0 Å². The van der Waals surface area contributed by atoms with Crippen LogP contribution < -0.4 is 0 Å². The van der Waals surface area contributed by atoms with Crippen molar-refractivity contribution in [3.05, 3.63) is 34.3 Å². The quantitative estimate of drug-likeness (QED) is 0.807. The third-order valence-electron chi connectivity index (χ3n) is 3.07. The van der Waals surface area contributed by atoms with E-state index in [-0.39, 0.29) is 5.91 Å². The first-order valence-corrected chi connectivity index (χ1v) is 8.52. The molecule has 0 spiro atoms.